The minimum absolute atomic E-state index is 0.790. The van der Waals surface area contributed by atoms with Gasteiger partial charge in [0, 0.05) is 17.2 Å². The Labute approximate surface area is 155 Å². The predicted molar refractivity (Wildman–Crippen MR) is 106 cm³/mol. The van der Waals surface area contributed by atoms with E-state index in [9.17, 15) is 0 Å². The molecule has 27 heavy (non-hydrogen) atoms. The smallest absolute Gasteiger partial charge is 0.165 e. The van der Waals surface area contributed by atoms with Crippen LogP contribution in [0.5, 0.6) is 0 Å². The lowest BCUT2D eigenvalue weighted by Crippen LogP contribution is -2.02. The molecule has 130 valence electrons. The predicted octanol–water partition coefficient (Wildman–Crippen LogP) is 4.53. The van der Waals surface area contributed by atoms with Gasteiger partial charge < -0.3 is 10.3 Å². The normalized spacial score (nSPS) is 11.0. The highest BCUT2D eigenvalue weighted by molar-refractivity contribution is 5.80. The highest BCUT2D eigenvalue weighted by atomic mass is 15.3. The lowest BCUT2D eigenvalue weighted by molar-refractivity contribution is 0.947. The summed E-state index contributed by atoms with van der Waals surface area (Å²) in [6.07, 6.45) is 5.22. The number of benzene rings is 2. The fraction of sp³-hybridized carbons (Fsp3) is 0. The number of nitrogens with zero attached hydrogens (tertiary/aromatic N) is 4. The van der Waals surface area contributed by atoms with Gasteiger partial charge >= 0.3 is 0 Å². The van der Waals surface area contributed by atoms with Crippen LogP contribution in [0.3, 0.4) is 0 Å². The maximum absolute atomic E-state index is 4.91. The number of hydrogen-bond donors (Lipinski definition) is 2. The minimum Gasteiger partial charge on any atom is -0.331 e. The number of imidazole rings is 1. The van der Waals surface area contributed by atoms with Gasteiger partial charge in [-0.2, -0.15) is 9.61 Å². The Morgan fingerprint density at radius 3 is 2.30 bits per heavy atom. The highest BCUT2D eigenvalue weighted by Crippen LogP contribution is 2.29. The van der Waals surface area contributed by atoms with Crippen LogP contribution in [0, 0.1) is 0 Å². The van der Waals surface area contributed by atoms with E-state index in [1.807, 2.05) is 53.2 Å². The van der Waals surface area contributed by atoms with Crippen LogP contribution in [-0.2, 0) is 0 Å². The average Bonchev–Trinajstić information content (AvgIpc) is 3.39. The summed E-state index contributed by atoms with van der Waals surface area (Å²) in [5, 5.41) is 7.91. The Kier molecular flexibility index (Phi) is 3.65. The van der Waals surface area contributed by atoms with Crippen LogP contribution < -0.4 is 5.32 Å². The van der Waals surface area contributed by atoms with Crippen LogP contribution in [0.25, 0.3) is 28.0 Å². The van der Waals surface area contributed by atoms with Gasteiger partial charge in [0.05, 0.1) is 24.4 Å². The molecule has 2 N–H and O–H groups in total. The van der Waals surface area contributed by atoms with Crippen LogP contribution >= 0.6 is 0 Å². The van der Waals surface area contributed by atoms with Gasteiger partial charge in [0.1, 0.15) is 11.6 Å². The van der Waals surface area contributed by atoms with Gasteiger partial charge in [-0.15, -0.1) is 0 Å². The summed E-state index contributed by atoms with van der Waals surface area (Å²) in [5.41, 5.74) is 4.79. The van der Waals surface area contributed by atoms with Crippen molar-refractivity contribution >= 4 is 17.3 Å². The number of aromatic nitrogens is 5. The van der Waals surface area contributed by atoms with Crippen molar-refractivity contribution in [1.29, 1.82) is 0 Å². The third-order valence-corrected chi connectivity index (χ3v) is 4.39. The first-order valence-electron chi connectivity index (χ1n) is 8.63. The fourth-order valence-corrected chi connectivity index (χ4v) is 3.09. The first-order chi connectivity index (χ1) is 13.4. The molecule has 0 amide bonds. The molecular weight excluding hydrogens is 336 g/mol. The lowest BCUT2D eigenvalue weighted by atomic mass is 10.1. The van der Waals surface area contributed by atoms with Crippen molar-refractivity contribution in [3.05, 3.63) is 85.5 Å². The van der Waals surface area contributed by atoms with Crippen molar-refractivity contribution in [3.63, 3.8) is 0 Å². The zero-order chi connectivity index (χ0) is 18.1. The molecule has 0 atom stereocenters. The summed E-state index contributed by atoms with van der Waals surface area (Å²) in [7, 11) is 0. The number of aromatic amines is 1. The van der Waals surface area contributed by atoms with Gasteiger partial charge in [-0.05, 0) is 5.56 Å². The van der Waals surface area contributed by atoms with E-state index >= 15 is 0 Å². The van der Waals surface area contributed by atoms with Gasteiger partial charge in [-0.25, -0.2) is 9.97 Å². The second-order valence-corrected chi connectivity index (χ2v) is 6.14. The van der Waals surface area contributed by atoms with E-state index in [2.05, 4.69) is 44.6 Å². The first-order valence-corrected chi connectivity index (χ1v) is 8.63. The second-order valence-electron chi connectivity index (χ2n) is 6.14. The minimum atomic E-state index is 0.790. The Balaban J connectivity index is 1.73. The molecule has 0 aliphatic heterocycles. The summed E-state index contributed by atoms with van der Waals surface area (Å²) < 4.78 is 1.82. The molecule has 0 aliphatic carbocycles. The molecule has 5 rings (SSSR count). The number of hydrogen-bond acceptors (Lipinski definition) is 4. The van der Waals surface area contributed by atoms with Crippen LogP contribution in [-0.4, -0.2) is 24.6 Å². The lowest BCUT2D eigenvalue weighted by Gasteiger charge is -2.10. The van der Waals surface area contributed by atoms with Crippen LogP contribution in [0.1, 0.15) is 0 Å². The van der Waals surface area contributed by atoms with E-state index in [0.29, 0.717) is 0 Å². The maximum Gasteiger partial charge on any atom is 0.165 e. The average molecular weight is 352 g/mol. The zero-order valence-electron chi connectivity index (χ0n) is 14.4. The zero-order valence-corrected chi connectivity index (χ0v) is 14.4. The van der Waals surface area contributed by atoms with Gasteiger partial charge in [-0.1, -0.05) is 60.7 Å². The van der Waals surface area contributed by atoms with E-state index in [1.54, 1.807) is 12.5 Å². The molecule has 3 aromatic heterocycles. The van der Waals surface area contributed by atoms with Crippen LogP contribution in [0.4, 0.5) is 11.6 Å². The Morgan fingerprint density at radius 1 is 0.852 bits per heavy atom. The molecule has 2 aromatic carbocycles. The third kappa shape index (κ3) is 2.83. The summed E-state index contributed by atoms with van der Waals surface area (Å²) in [6.45, 7) is 0. The Morgan fingerprint density at radius 2 is 1.59 bits per heavy atom. The monoisotopic (exact) mass is 352 g/mol. The Hall–Kier alpha value is -3.93. The van der Waals surface area contributed by atoms with Gasteiger partial charge in [0.15, 0.2) is 5.65 Å². The molecular formula is C21H16N6. The van der Waals surface area contributed by atoms with Crippen molar-refractivity contribution in [2.75, 3.05) is 5.32 Å². The molecule has 0 radical (unpaired) electrons. The molecule has 0 aliphatic rings. The topological polar surface area (TPSA) is 70.9 Å². The molecule has 0 bridgehead atoms. The van der Waals surface area contributed by atoms with Gasteiger partial charge in [0.2, 0.25) is 0 Å². The van der Waals surface area contributed by atoms with Crippen molar-refractivity contribution in [2.24, 2.45) is 0 Å². The van der Waals surface area contributed by atoms with Crippen molar-refractivity contribution < 1.29 is 0 Å². The summed E-state index contributed by atoms with van der Waals surface area (Å²) in [6, 6.07) is 22.3. The molecule has 0 fully saturated rings. The summed E-state index contributed by atoms with van der Waals surface area (Å²) >= 11 is 0. The largest absolute Gasteiger partial charge is 0.331 e. The number of H-pyrrole nitrogens is 1. The van der Waals surface area contributed by atoms with E-state index in [4.69, 9.17) is 4.98 Å². The maximum atomic E-state index is 4.91. The summed E-state index contributed by atoms with van der Waals surface area (Å²) in [5.74, 6) is 1.60. The number of nitrogens with one attached hydrogen (secondary N) is 2. The molecule has 0 saturated heterocycles. The van der Waals surface area contributed by atoms with Crippen molar-refractivity contribution in [2.45, 2.75) is 0 Å². The molecule has 3 heterocycles. The van der Waals surface area contributed by atoms with Crippen molar-refractivity contribution in [3.8, 4) is 22.4 Å². The van der Waals surface area contributed by atoms with Gasteiger partial charge in [-0.3, -0.25) is 0 Å². The van der Waals surface area contributed by atoms with Gasteiger partial charge in [0.25, 0.3) is 0 Å². The standard InChI is InChI=1S/C21H16N6/c1-3-7-15(8-4-1)17-12-24-27-20(26-19-13-22-14-23-19)11-18(25-21(17)27)16-9-5-2-6-10-16/h1-14,26H,(H,22,23). The number of anilines is 2. The molecule has 6 nitrogen and oxygen atoms in total. The number of rotatable bonds is 4. The third-order valence-electron chi connectivity index (χ3n) is 4.39. The molecule has 0 unspecified atom stereocenters. The van der Waals surface area contributed by atoms with Crippen LogP contribution in [0.2, 0.25) is 0 Å². The van der Waals surface area contributed by atoms with E-state index < -0.39 is 0 Å². The SMILES string of the molecule is c1ccc(-c2cc(Nc3cnc[nH]3)n3ncc(-c4ccccc4)c3n2)cc1. The fourth-order valence-electron chi connectivity index (χ4n) is 3.09. The van der Waals surface area contributed by atoms with E-state index in [-0.39, 0.29) is 0 Å². The molecule has 6 heteroatoms. The van der Waals surface area contributed by atoms with E-state index in [1.165, 1.54) is 0 Å². The highest BCUT2D eigenvalue weighted by Gasteiger charge is 2.14. The van der Waals surface area contributed by atoms with Crippen molar-refractivity contribution in [1.82, 2.24) is 24.6 Å². The quantitative estimate of drug-likeness (QED) is 0.498. The first kappa shape index (κ1) is 15.3. The Bertz CT molecular complexity index is 1180. The molecule has 0 saturated carbocycles. The summed E-state index contributed by atoms with van der Waals surface area (Å²) in [4.78, 5) is 12.0. The number of fused-ring (bicyclic) bond motifs is 1. The molecule has 0 spiro atoms. The molecule has 5 aromatic rings. The van der Waals surface area contributed by atoms with E-state index in [0.717, 1.165) is 39.7 Å². The van der Waals surface area contributed by atoms with Crippen LogP contribution in [0.15, 0.2) is 85.5 Å². The second kappa shape index (κ2) is 6.42.